The Morgan fingerprint density at radius 2 is 2.06 bits per heavy atom. The quantitative estimate of drug-likeness (QED) is 0.523. The second kappa shape index (κ2) is 3.97. The number of hydrogen-bond donors (Lipinski definition) is 0. The number of ether oxygens (including phenoxy) is 2. The number of aldehydes is 1. The van der Waals surface area contributed by atoms with E-state index in [1.54, 1.807) is 34.6 Å². The molecule has 0 amide bonds. The standard InChI is InChI=1S/C11H17NO4/c1-10(2,3)16-9(14)8-7(6-13)12-11(4,5)15-8/h6,8H,1-5H3/t8-/m1/s1. The molecule has 5 heteroatoms. The van der Waals surface area contributed by atoms with Gasteiger partial charge in [-0.05, 0) is 34.6 Å². The minimum Gasteiger partial charge on any atom is -0.458 e. The highest BCUT2D eigenvalue weighted by Crippen LogP contribution is 2.24. The lowest BCUT2D eigenvalue weighted by Crippen LogP contribution is -2.38. The van der Waals surface area contributed by atoms with Crippen LogP contribution in [0.1, 0.15) is 34.6 Å². The molecule has 0 aromatic heterocycles. The van der Waals surface area contributed by atoms with Gasteiger partial charge in [0.05, 0.1) is 0 Å². The lowest BCUT2D eigenvalue weighted by molar-refractivity contribution is -0.168. The number of rotatable bonds is 2. The second-order valence-corrected chi connectivity index (χ2v) is 5.13. The van der Waals surface area contributed by atoms with Crippen LogP contribution in [0.15, 0.2) is 4.99 Å². The van der Waals surface area contributed by atoms with E-state index in [9.17, 15) is 9.59 Å². The largest absolute Gasteiger partial charge is 0.458 e. The minimum absolute atomic E-state index is 0.0826. The highest BCUT2D eigenvalue weighted by molar-refractivity contribution is 6.35. The molecule has 0 aromatic carbocycles. The lowest BCUT2D eigenvalue weighted by Gasteiger charge is -2.23. The van der Waals surface area contributed by atoms with Gasteiger partial charge >= 0.3 is 5.97 Å². The summed E-state index contributed by atoms with van der Waals surface area (Å²) in [7, 11) is 0. The first-order chi connectivity index (χ1) is 7.14. The normalized spacial score (nSPS) is 23.8. The van der Waals surface area contributed by atoms with E-state index >= 15 is 0 Å². The van der Waals surface area contributed by atoms with E-state index < -0.39 is 23.4 Å². The Morgan fingerprint density at radius 1 is 1.50 bits per heavy atom. The molecule has 0 radical (unpaired) electrons. The number of carbonyl (C=O) groups excluding carboxylic acids is 2. The van der Waals surface area contributed by atoms with Gasteiger partial charge in [-0.1, -0.05) is 0 Å². The summed E-state index contributed by atoms with van der Waals surface area (Å²) in [6.45, 7) is 8.62. The van der Waals surface area contributed by atoms with Gasteiger partial charge in [-0.3, -0.25) is 4.79 Å². The Morgan fingerprint density at radius 3 is 2.50 bits per heavy atom. The first-order valence-electron chi connectivity index (χ1n) is 5.10. The van der Waals surface area contributed by atoms with Crippen LogP contribution < -0.4 is 0 Å². The van der Waals surface area contributed by atoms with Crippen molar-refractivity contribution in [2.75, 3.05) is 0 Å². The zero-order valence-electron chi connectivity index (χ0n) is 10.2. The minimum atomic E-state index is -1.01. The number of esters is 1. The van der Waals surface area contributed by atoms with Crippen molar-refractivity contribution in [1.29, 1.82) is 0 Å². The predicted octanol–water partition coefficient (Wildman–Crippen LogP) is 1.10. The van der Waals surface area contributed by atoms with E-state index in [0.29, 0.717) is 6.29 Å². The van der Waals surface area contributed by atoms with Crippen molar-refractivity contribution in [3.8, 4) is 0 Å². The molecule has 0 aliphatic carbocycles. The molecule has 1 rings (SSSR count). The van der Waals surface area contributed by atoms with Gasteiger partial charge in [0, 0.05) is 0 Å². The van der Waals surface area contributed by atoms with Crippen LogP contribution in [0.5, 0.6) is 0 Å². The van der Waals surface area contributed by atoms with E-state index in [-0.39, 0.29) is 5.71 Å². The van der Waals surface area contributed by atoms with E-state index in [0.717, 1.165) is 0 Å². The van der Waals surface area contributed by atoms with E-state index in [4.69, 9.17) is 9.47 Å². The van der Waals surface area contributed by atoms with Crippen molar-refractivity contribution >= 4 is 18.0 Å². The number of aliphatic imine (C=N–C) groups is 1. The van der Waals surface area contributed by atoms with Crippen molar-refractivity contribution in [3.63, 3.8) is 0 Å². The van der Waals surface area contributed by atoms with E-state index in [1.807, 2.05) is 0 Å². The summed E-state index contributed by atoms with van der Waals surface area (Å²) in [5.74, 6) is -0.580. The van der Waals surface area contributed by atoms with Crippen LogP contribution in [0, 0.1) is 0 Å². The first-order valence-corrected chi connectivity index (χ1v) is 5.10. The molecule has 5 nitrogen and oxygen atoms in total. The highest BCUT2D eigenvalue weighted by Gasteiger charge is 2.40. The molecule has 0 saturated carbocycles. The van der Waals surface area contributed by atoms with Gasteiger partial charge in [0.15, 0.2) is 12.0 Å². The van der Waals surface area contributed by atoms with Crippen LogP contribution in [0.25, 0.3) is 0 Å². The molecule has 1 atom stereocenters. The second-order valence-electron chi connectivity index (χ2n) is 5.13. The molecular weight excluding hydrogens is 210 g/mol. The van der Waals surface area contributed by atoms with Gasteiger partial charge in [-0.25, -0.2) is 9.79 Å². The van der Waals surface area contributed by atoms with Crippen molar-refractivity contribution < 1.29 is 19.1 Å². The van der Waals surface area contributed by atoms with E-state index in [1.165, 1.54) is 0 Å². The molecule has 1 aliphatic rings. The highest BCUT2D eigenvalue weighted by atomic mass is 16.6. The summed E-state index contributed by atoms with van der Waals surface area (Å²) in [5.41, 5.74) is -1.38. The smallest absolute Gasteiger partial charge is 0.342 e. The lowest BCUT2D eigenvalue weighted by atomic mass is 10.2. The average Bonchev–Trinajstić information content (AvgIpc) is 2.38. The molecule has 1 aliphatic heterocycles. The molecule has 0 spiro atoms. The summed E-state index contributed by atoms with van der Waals surface area (Å²) in [5, 5.41) is 0. The maximum Gasteiger partial charge on any atom is 0.342 e. The van der Waals surface area contributed by atoms with Gasteiger partial charge in [-0.15, -0.1) is 0 Å². The molecule has 0 saturated heterocycles. The Hall–Kier alpha value is -1.23. The third kappa shape index (κ3) is 3.13. The summed E-state index contributed by atoms with van der Waals surface area (Å²) in [6.07, 6.45) is -0.477. The molecule has 1 heterocycles. The molecule has 16 heavy (non-hydrogen) atoms. The molecule has 0 unspecified atom stereocenters. The number of hydrogen-bond acceptors (Lipinski definition) is 5. The Labute approximate surface area is 94.8 Å². The van der Waals surface area contributed by atoms with Crippen molar-refractivity contribution in [3.05, 3.63) is 0 Å². The summed E-state index contributed by atoms with van der Waals surface area (Å²) in [4.78, 5) is 26.5. The average molecular weight is 227 g/mol. The van der Waals surface area contributed by atoms with Crippen molar-refractivity contribution in [2.24, 2.45) is 4.99 Å². The van der Waals surface area contributed by atoms with Crippen LogP contribution in [0.2, 0.25) is 0 Å². The molecule has 0 fully saturated rings. The maximum atomic E-state index is 11.7. The number of carbonyl (C=O) groups is 2. The van der Waals surface area contributed by atoms with Gasteiger partial charge in [0.1, 0.15) is 11.3 Å². The summed E-state index contributed by atoms with van der Waals surface area (Å²) < 4.78 is 10.5. The molecule has 0 aromatic rings. The Bertz CT molecular complexity index is 338. The van der Waals surface area contributed by atoms with E-state index in [2.05, 4.69) is 4.99 Å². The van der Waals surface area contributed by atoms with Crippen LogP contribution in [0.3, 0.4) is 0 Å². The fourth-order valence-electron chi connectivity index (χ4n) is 1.36. The number of nitrogens with zero attached hydrogens (tertiary/aromatic N) is 1. The molecule has 0 bridgehead atoms. The fourth-order valence-corrected chi connectivity index (χ4v) is 1.36. The monoisotopic (exact) mass is 227 g/mol. The Kier molecular flexibility index (Phi) is 3.19. The van der Waals surface area contributed by atoms with Crippen LogP contribution in [-0.4, -0.2) is 35.4 Å². The van der Waals surface area contributed by atoms with Crippen LogP contribution >= 0.6 is 0 Å². The van der Waals surface area contributed by atoms with Gasteiger partial charge in [0.2, 0.25) is 6.10 Å². The zero-order valence-corrected chi connectivity index (χ0v) is 10.2. The van der Waals surface area contributed by atoms with Crippen molar-refractivity contribution in [1.82, 2.24) is 0 Å². The van der Waals surface area contributed by atoms with Crippen molar-refractivity contribution in [2.45, 2.75) is 52.0 Å². The molecule has 0 N–H and O–H groups in total. The summed E-state index contributed by atoms with van der Waals surface area (Å²) in [6, 6.07) is 0. The van der Waals surface area contributed by atoms with Crippen LogP contribution in [0.4, 0.5) is 0 Å². The first kappa shape index (κ1) is 12.8. The SMILES string of the molecule is CC(C)(C)OC(=O)[C@@H]1OC(C)(C)N=C1C=O. The third-order valence-corrected chi connectivity index (χ3v) is 1.81. The van der Waals surface area contributed by atoms with Gasteiger partial charge < -0.3 is 9.47 Å². The fraction of sp³-hybridized carbons (Fsp3) is 0.727. The molecular formula is C11H17NO4. The predicted molar refractivity (Wildman–Crippen MR) is 58.3 cm³/mol. The summed E-state index contributed by atoms with van der Waals surface area (Å²) >= 11 is 0. The zero-order chi connectivity index (χ0) is 12.6. The van der Waals surface area contributed by atoms with Gasteiger partial charge in [-0.2, -0.15) is 0 Å². The maximum absolute atomic E-state index is 11.7. The molecule has 90 valence electrons. The topological polar surface area (TPSA) is 65.0 Å². The van der Waals surface area contributed by atoms with Gasteiger partial charge in [0.25, 0.3) is 0 Å². The third-order valence-electron chi connectivity index (χ3n) is 1.81. The van der Waals surface area contributed by atoms with Crippen LogP contribution in [-0.2, 0) is 19.1 Å². The Balaban J connectivity index is 2.80.